The van der Waals surface area contributed by atoms with Crippen molar-refractivity contribution in [3.63, 3.8) is 0 Å². The van der Waals surface area contributed by atoms with E-state index in [4.69, 9.17) is 10.3 Å². The lowest BCUT2D eigenvalue weighted by Gasteiger charge is -2.37. The fourth-order valence-electron chi connectivity index (χ4n) is 2.30. The number of rotatable bonds is 3. The molecule has 0 spiro atoms. The van der Waals surface area contributed by atoms with Crippen LogP contribution in [0.25, 0.3) is 0 Å². The summed E-state index contributed by atoms with van der Waals surface area (Å²) in [5, 5.41) is 3.90. The molecule has 2 heterocycles. The molecule has 1 aromatic rings. The van der Waals surface area contributed by atoms with Crippen LogP contribution in [0.3, 0.4) is 0 Å². The van der Waals surface area contributed by atoms with Crippen LogP contribution in [0.1, 0.15) is 32.5 Å². The number of hydrogen-bond acceptors (Lipinski definition) is 6. The topological polar surface area (TPSA) is 88.5 Å². The van der Waals surface area contributed by atoms with Gasteiger partial charge in [0.1, 0.15) is 0 Å². The van der Waals surface area contributed by atoms with Crippen molar-refractivity contribution in [3.8, 4) is 0 Å². The van der Waals surface area contributed by atoms with Crippen molar-refractivity contribution in [2.45, 2.75) is 40.3 Å². The molecule has 1 aliphatic rings. The summed E-state index contributed by atoms with van der Waals surface area (Å²) in [5.74, 6) is 1.31. The molecule has 7 nitrogen and oxygen atoms in total. The SMILES string of the molecule is Cc1nc(CN2CCN(C(=O)[C@@H](N)C(C)(C)C)CC2)no1. The number of hydrogen-bond donors (Lipinski definition) is 1. The number of amides is 1. The Bertz CT molecular complexity index is 486. The van der Waals surface area contributed by atoms with Gasteiger partial charge < -0.3 is 15.2 Å². The van der Waals surface area contributed by atoms with E-state index in [1.807, 2.05) is 25.7 Å². The van der Waals surface area contributed by atoms with Gasteiger partial charge in [0, 0.05) is 33.1 Å². The molecule has 0 unspecified atom stereocenters. The highest BCUT2D eigenvalue weighted by Gasteiger charge is 2.32. The Labute approximate surface area is 125 Å². The zero-order valence-electron chi connectivity index (χ0n) is 13.3. The summed E-state index contributed by atoms with van der Waals surface area (Å²) in [6.07, 6.45) is 0. The largest absolute Gasteiger partial charge is 0.340 e. The van der Waals surface area contributed by atoms with E-state index < -0.39 is 6.04 Å². The molecule has 0 bridgehead atoms. The summed E-state index contributed by atoms with van der Waals surface area (Å²) in [5.41, 5.74) is 5.84. The zero-order valence-corrected chi connectivity index (χ0v) is 13.3. The number of carbonyl (C=O) groups is 1. The van der Waals surface area contributed by atoms with Crippen LogP contribution >= 0.6 is 0 Å². The van der Waals surface area contributed by atoms with Crippen LogP contribution in [0.2, 0.25) is 0 Å². The van der Waals surface area contributed by atoms with Gasteiger partial charge >= 0.3 is 0 Å². The predicted octanol–water partition coefficient (Wildman–Crippen LogP) is 0.396. The molecule has 1 aromatic heterocycles. The van der Waals surface area contributed by atoms with Crippen molar-refractivity contribution >= 4 is 5.91 Å². The molecule has 1 aliphatic heterocycles. The van der Waals surface area contributed by atoms with Gasteiger partial charge in [-0.3, -0.25) is 9.69 Å². The summed E-state index contributed by atoms with van der Waals surface area (Å²) in [6, 6.07) is -0.455. The second kappa shape index (κ2) is 6.11. The van der Waals surface area contributed by atoms with E-state index in [1.165, 1.54) is 0 Å². The van der Waals surface area contributed by atoms with E-state index in [0.717, 1.165) is 13.1 Å². The van der Waals surface area contributed by atoms with Crippen LogP contribution < -0.4 is 5.73 Å². The minimum atomic E-state index is -0.455. The van der Waals surface area contributed by atoms with Gasteiger partial charge in [-0.25, -0.2) is 0 Å². The maximum absolute atomic E-state index is 12.4. The van der Waals surface area contributed by atoms with E-state index in [9.17, 15) is 4.79 Å². The molecule has 1 saturated heterocycles. The lowest BCUT2D eigenvalue weighted by Crippen LogP contribution is -2.56. The summed E-state index contributed by atoms with van der Waals surface area (Å²) in [4.78, 5) is 20.6. The van der Waals surface area contributed by atoms with Gasteiger partial charge in [0.25, 0.3) is 0 Å². The lowest BCUT2D eigenvalue weighted by atomic mass is 9.86. The molecule has 0 aliphatic carbocycles. The molecule has 1 amide bonds. The molecular weight excluding hydrogens is 270 g/mol. The van der Waals surface area contributed by atoms with Crippen molar-refractivity contribution in [2.75, 3.05) is 26.2 Å². The Kier molecular flexibility index (Phi) is 4.63. The second-order valence-electron chi connectivity index (χ2n) is 6.67. The van der Waals surface area contributed by atoms with Gasteiger partial charge in [0.15, 0.2) is 5.82 Å². The van der Waals surface area contributed by atoms with Gasteiger partial charge in [-0.15, -0.1) is 0 Å². The van der Waals surface area contributed by atoms with Gasteiger partial charge in [0.05, 0.1) is 12.6 Å². The standard InChI is InChI=1S/C14H25N5O2/c1-10-16-11(17-21-10)9-18-5-7-19(8-6-18)13(20)12(15)14(2,3)4/h12H,5-9,15H2,1-4H3/t12-/m1/s1. The Morgan fingerprint density at radius 2 is 1.95 bits per heavy atom. The van der Waals surface area contributed by atoms with Crippen LogP contribution in [0.5, 0.6) is 0 Å². The van der Waals surface area contributed by atoms with Crippen LogP contribution in [0.4, 0.5) is 0 Å². The van der Waals surface area contributed by atoms with Gasteiger partial charge in [-0.1, -0.05) is 25.9 Å². The average Bonchev–Trinajstić information content (AvgIpc) is 2.82. The number of aromatic nitrogens is 2. The quantitative estimate of drug-likeness (QED) is 0.868. The predicted molar refractivity (Wildman–Crippen MR) is 78.3 cm³/mol. The Balaban J connectivity index is 1.84. The molecular formula is C14H25N5O2. The Morgan fingerprint density at radius 3 is 2.43 bits per heavy atom. The number of piperazine rings is 1. The molecule has 1 atom stereocenters. The number of nitrogens with two attached hydrogens (primary N) is 1. The minimum absolute atomic E-state index is 0.0394. The molecule has 118 valence electrons. The first-order chi connectivity index (χ1) is 9.77. The van der Waals surface area contributed by atoms with Gasteiger partial charge in [-0.05, 0) is 5.41 Å². The number of nitrogens with zero attached hydrogens (tertiary/aromatic N) is 4. The summed E-state index contributed by atoms with van der Waals surface area (Å²) >= 11 is 0. The van der Waals surface area contributed by atoms with E-state index in [0.29, 0.717) is 31.3 Å². The first-order valence-electron chi connectivity index (χ1n) is 7.33. The first-order valence-corrected chi connectivity index (χ1v) is 7.33. The summed E-state index contributed by atoms with van der Waals surface area (Å²) < 4.78 is 4.97. The average molecular weight is 295 g/mol. The minimum Gasteiger partial charge on any atom is -0.340 e. The second-order valence-corrected chi connectivity index (χ2v) is 6.67. The van der Waals surface area contributed by atoms with Crippen LogP contribution in [-0.2, 0) is 11.3 Å². The molecule has 7 heteroatoms. The maximum Gasteiger partial charge on any atom is 0.240 e. The Morgan fingerprint density at radius 1 is 1.33 bits per heavy atom. The third kappa shape index (κ3) is 4.01. The molecule has 2 rings (SSSR count). The van der Waals surface area contributed by atoms with Crippen molar-refractivity contribution < 1.29 is 9.32 Å². The van der Waals surface area contributed by atoms with Crippen LogP contribution in [0.15, 0.2) is 4.52 Å². The van der Waals surface area contributed by atoms with Crippen LogP contribution in [0, 0.1) is 12.3 Å². The molecule has 0 radical (unpaired) electrons. The summed E-state index contributed by atoms with van der Waals surface area (Å²) in [7, 11) is 0. The number of carbonyl (C=O) groups excluding carboxylic acids is 1. The normalized spacial score (nSPS) is 18.8. The fraction of sp³-hybridized carbons (Fsp3) is 0.786. The molecule has 21 heavy (non-hydrogen) atoms. The highest BCUT2D eigenvalue weighted by molar-refractivity contribution is 5.82. The van der Waals surface area contributed by atoms with Crippen molar-refractivity contribution in [1.29, 1.82) is 0 Å². The lowest BCUT2D eigenvalue weighted by molar-refractivity contribution is -0.136. The summed E-state index contributed by atoms with van der Waals surface area (Å²) in [6.45, 7) is 11.4. The molecule has 1 fully saturated rings. The van der Waals surface area contributed by atoms with Gasteiger partial charge in [0.2, 0.25) is 11.8 Å². The van der Waals surface area contributed by atoms with E-state index >= 15 is 0 Å². The smallest absolute Gasteiger partial charge is 0.240 e. The van der Waals surface area contributed by atoms with Crippen molar-refractivity contribution in [1.82, 2.24) is 19.9 Å². The molecule has 0 aromatic carbocycles. The monoisotopic (exact) mass is 295 g/mol. The third-order valence-corrected chi connectivity index (χ3v) is 3.82. The highest BCUT2D eigenvalue weighted by Crippen LogP contribution is 2.20. The zero-order chi connectivity index (χ0) is 15.6. The highest BCUT2D eigenvalue weighted by atomic mass is 16.5. The fourth-order valence-corrected chi connectivity index (χ4v) is 2.30. The molecule has 0 saturated carbocycles. The first kappa shape index (κ1) is 15.9. The van der Waals surface area contributed by atoms with Crippen LogP contribution in [-0.4, -0.2) is 58.1 Å². The van der Waals surface area contributed by atoms with E-state index in [2.05, 4.69) is 15.0 Å². The van der Waals surface area contributed by atoms with E-state index in [-0.39, 0.29) is 11.3 Å². The third-order valence-electron chi connectivity index (χ3n) is 3.82. The van der Waals surface area contributed by atoms with Crippen molar-refractivity contribution in [3.05, 3.63) is 11.7 Å². The van der Waals surface area contributed by atoms with Gasteiger partial charge in [-0.2, -0.15) is 4.98 Å². The van der Waals surface area contributed by atoms with Crippen molar-refractivity contribution in [2.24, 2.45) is 11.1 Å². The number of aryl methyl sites for hydroxylation is 1. The van der Waals surface area contributed by atoms with E-state index in [1.54, 1.807) is 6.92 Å². The maximum atomic E-state index is 12.4. The Hall–Kier alpha value is -1.47. The molecule has 2 N–H and O–H groups in total.